The van der Waals surface area contributed by atoms with E-state index in [1.807, 2.05) is 0 Å². The number of hydrogen-bond donors (Lipinski definition) is 0. The summed E-state index contributed by atoms with van der Waals surface area (Å²) in [6.07, 6.45) is 0. The molecule has 0 saturated carbocycles. The molecule has 0 aliphatic rings. The van der Waals surface area contributed by atoms with Crippen LogP contribution in [-0.2, 0) is 38.7 Å². The molecule has 0 N–H and O–H groups in total. The Morgan fingerprint density at radius 2 is 1.00 bits per heavy atom. The maximum absolute atomic E-state index is 8.55. The maximum Gasteiger partial charge on any atom is 3.00 e. The molecule has 0 aliphatic heterocycles. The molecule has 0 saturated heterocycles. The van der Waals surface area contributed by atoms with Gasteiger partial charge in [0.05, 0.1) is 0 Å². The van der Waals surface area contributed by atoms with Gasteiger partial charge in [-0.25, -0.2) is 0 Å². The van der Waals surface area contributed by atoms with Gasteiger partial charge in [0.2, 0.25) is 0 Å². The topological polar surface area (TPSA) is 86.2 Å². The quantitative estimate of drug-likeness (QED) is 0.316. The third kappa shape index (κ3) is 144. The van der Waals surface area contributed by atoms with E-state index in [1.165, 1.54) is 0 Å². The first kappa shape index (κ1) is 30.3. The Morgan fingerprint density at radius 1 is 1.00 bits per heavy atom. The summed E-state index contributed by atoms with van der Waals surface area (Å²) >= 11 is 0. The zero-order chi connectivity index (χ0) is 4.50. The van der Waals surface area contributed by atoms with Gasteiger partial charge in [-0.2, -0.15) is 7.82 Å². The van der Waals surface area contributed by atoms with Crippen molar-refractivity contribution in [2.24, 2.45) is 0 Å². The maximum atomic E-state index is 8.55. The van der Waals surface area contributed by atoms with Gasteiger partial charge in [-0.15, -0.1) is 0 Å². The minimum absolute atomic E-state index is 0. The molecular weight excluding hydrogens is 245 g/mol. The van der Waals surface area contributed by atoms with Crippen molar-refractivity contribution in [2.45, 2.75) is 0 Å². The molecule has 0 aliphatic carbocycles. The van der Waals surface area contributed by atoms with Crippen LogP contribution in [0.1, 0.15) is 0 Å². The summed E-state index contributed by atoms with van der Waals surface area (Å²) in [5.74, 6) is 0. The van der Waals surface area contributed by atoms with Crippen molar-refractivity contribution >= 4 is 17.7 Å². The SMILES string of the molecule is O=P([O-])([O-])[O-].[Fe+2].[Fe+2].[Li+].[P+3]. The average molecular weight is 245 g/mol. The van der Waals surface area contributed by atoms with Gasteiger partial charge in [-0.1, -0.05) is 0 Å². The number of hydrogen-bond acceptors (Lipinski definition) is 4. The van der Waals surface area contributed by atoms with Gasteiger partial charge >= 0.3 is 62.9 Å². The molecule has 2 radical (unpaired) electrons. The van der Waals surface area contributed by atoms with E-state index in [1.54, 1.807) is 0 Å². The fourth-order valence-electron chi connectivity index (χ4n) is 0. The molecule has 0 unspecified atom stereocenters. The van der Waals surface area contributed by atoms with Crippen LogP contribution in [0.15, 0.2) is 0 Å². The molecule has 0 spiro atoms. The van der Waals surface area contributed by atoms with Crippen molar-refractivity contribution in [3.63, 3.8) is 0 Å². The fourth-order valence-corrected chi connectivity index (χ4v) is 0. The zero-order valence-corrected chi connectivity index (χ0v) is 8.23. The normalized spacial score (nSPS) is 6.56. The minimum atomic E-state index is -5.39. The van der Waals surface area contributed by atoms with E-state index in [9.17, 15) is 0 Å². The van der Waals surface area contributed by atoms with Crippen molar-refractivity contribution in [3.05, 3.63) is 0 Å². The van der Waals surface area contributed by atoms with Crippen molar-refractivity contribution in [1.29, 1.82) is 0 Å². The van der Waals surface area contributed by atoms with E-state index >= 15 is 0 Å². The van der Waals surface area contributed by atoms with Gasteiger partial charge < -0.3 is 19.2 Å². The molecule has 0 rings (SSSR count). The second-order valence-corrected chi connectivity index (χ2v) is 1.34. The van der Waals surface area contributed by atoms with Crippen LogP contribution >= 0.6 is 17.7 Å². The Balaban J connectivity index is -0.0000000133. The summed E-state index contributed by atoms with van der Waals surface area (Å²) in [4.78, 5) is 25.6. The van der Waals surface area contributed by atoms with Crippen LogP contribution in [0.5, 0.6) is 0 Å². The fraction of sp³-hybridized carbons (Fsp3) is 0. The van der Waals surface area contributed by atoms with E-state index in [0.717, 1.165) is 0 Å². The van der Waals surface area contributed by atoms with Gasteiger partial charge in [0.25, 0.3) is 0 Å². The van der Waals surface area contributed by atoms with E-state index in [0.29, 0.717) is 0 Å². The molecule has 0 fully saturated rings. The van der Waals surface area contributed by atoms with Crippen LogP contribution < -0.4 is 33.5 Å². The van der Waals surface area contributed by atoms with Crippen LogP contribution in [-0.4, -0.2) is 0 Å². The van der Waals surface area contributed by atoms with Gasteiger partial charge in [0.1, 0.15) is 0 Å². The molecule has 0 heterocycles. The minimum Gasteiger partial charge on any atom is -0.822 e. The van der Waals surface area contributed by atoms with E-state index < -0.39 is 7.82 Å². The van der Waals surface area contributed by atoms with Crippen molar-refractivity contribution in [2.75, 3.05) is 0 Å². The molecule has 0 atom stereocenters. The standard InChI is InChI=1S/2Fe.Li.H3O4P.P/c;;;1-5(2,3)4;/h;;;(H3,1,2,3,4);/q2*+2;+1;;+3/p-3. The molecule has 0 aromatic carbocycles. The van der Waals surface area contributed by atoms with Crippen molar-refractivity contribution in [3.8, 4) is 0 Å². The zero-order valence-electron chi connectivity index (χ0n) is 4.23. The first-order chi connectivity index (χ1) is 2.00. The van der Waals surface area contributed by atoms with Gasteiger partial charge in [0.15, 0.2) is 0 Å². The molecule has 0 aromatic heterocycles. The van der Waals surface area contributed by atoms with E-state index in [4.69, 9.17) is 19.2 Å². The summed E-state index contributed by atoms with van der Waals surface area (Å²) in [5, 5.41) is 0. The molecule has 9 heavy (non-hydrogen) atoms. The first-order valence-electron chi connectivity index (χ1n) is 0.730. The summed E-state index contributed by atoms with van der Waals surface area (Å²) in [5.41, 5.74) is 0. The second kappa shape index (κ2) is 12.8. The summed E-state index contributed by atoms with van der Waals surface area (Å²) in [6.45, 7) is 0. The summed E-state index contributed by atoms with van der Waals surface area (Å²) < 4.78 is 8.55. The monoisotopic (exact) mass is 245 g/mol. The summed E-state index contributed by atoms with van der Waals surface area (Å²) in [7, 11) is -5.39. The van der Waals surface area contributed by atoms with Gasteiger partial charge in [-0.3, -0.25) is 0 Å². The molecule has 0 aromatic rings. The van der Waals surface area contributed by atoms with Crippen molar-refractivity contribution < 1.29 is 72.2 Å². The van der Waals surface area contributed by atoms with Crippen LogP contribution in [0.25, 0.3) is 0 Å². The Hall–Kier alpha value is 2.18. The Labute approximate surface area is 89.5 Å². The van der Waals surface area contributed by atoms with Crippen LogP contribution in [0.3, 0.4) is 0 Å². The molecule has 9 heteroatoms. The van der Waals surface area contributed by atoms with E-state index in [2.05, 4.69) is 0 Å². The molecular formula is Fe2LiO4P2+5. The van der Waals surface area contributed by atoms with Crippen molar-refractivity contribution in [1.82, 2.24) is 0 Å². The molecule has 0 bridgehead atoms. The Kier molecular flexibility index (Phi) is 43.2. The largest absolute Gasteiger partial charge is 3.00 e. The third-order valence-corrected chi connectivity index (χ3v) is 0. The Morgan fingerprint density at radius 3 is 1.00 bits per heavy atom. The second-order valence-electron chi connectivity index (χ2n) is 0.447. The Bertz CT molecular complexity index is 62.7. The summed E-state index contributed by atoms with van der Waals surface area (Å²) in [6, 6.07) is 0. The predicted molar refractivity (Wildman–Crippen MR) is 14.5 cm³/mol. The van der Waals surface area contributed by atoms with Crippen LogP contribution in [0.4, 0.5) is 0 Å². The predicted octanol–water partition coefficient (Wildman–Crippen LogP) is -4.96. The van der Waals surface area contributed by atoms with Crippen LogP contribution in [0.2, 0.25) is 0 Å². The van der Waals surface area contributed by atoms with Gasteiger partial charge in [-0.05, 0) is 0 Å². The number of rotatable bonds is 0. The molecule has 0 amide bonds. The molecule has 46 valence electrons. The smallest absolute Gasteiger partial charge is 0.822 e. The third-order valence-electron chi connectivity index (χ3n) is 0. The number of phosphoric acid groups is 1. The van der Waals surface area contributed by atoms with E-state index in [-0.39, 0.29) is 62.9 Å². The molecule has 4 nitrogen and oxygen atoms in total. The van der Waals surface area contributed by atoms with Crippen LogP contribution in [0, 0.1) is 0 Å². The first-order valence-corrected chi connectivity index (χ1v) is 2.19. The average Bonchev–Trinajstić information content (AvgIpc) is 0.722. The van der Waals surface area contributed by atoms with Gasteiger partial charge in [0, 0.05) is 0 Å².